The van der Waals surface area contributed by atoms with Gasteiger partial charge in [-0.3, -0.25) is 4.79 Å². The Bertz CT molecular complexity index is 1190. The number of hydrogen-bond acceptors (Lipinski definition) is 10. The average molecular weight is 547 g/mol. The molecular weight excluding hydrogens is 508 g/mol. The average Bonchev–Trinajstić information content (AvgIpc) is 3.11. The summed E-state index contributed by atoms with van der Waals surface area (Å²) >= 11 is 0. The van der Waals surface area contributed by atoms with Crippen LogP contribution in [0.4, 0.5) is 0 Å². The highest BCUT2D eigenvalue weighted by molar-refractivity contribution is 5.89. The normalized spacial score (nSPS) is 43.4. The van der Waals surface area contributed by atoms with Gasteiger partial charge in [0.25, 0.3) is 0 Å². The Balaban J connectivity index is 1.83. The van der Waals surface area contributed by atoms with Crippen molar-refractivity contribution in [3.63, 3.8) is 0 Å². The van der Waals surface area contributed by atoms with Crippen molar-refractivity contribution in [3.05, 3.63) is 47.0 Å². The molecule has 10 heteroatoms. The van der Waals surface area contributed by atoms with Crippen LogP contribution in [0.1, 0.15) is 57.8 Å². The third-order valence-corrected chi connectivity index (χ3v) is 10.0. The maximum Gasteiger partial charge on any atom is 0.338 e. The number of aliphatic hydroxyl groups excluding tert-OH is 4. The van der Waals surface area contributed by atoms with Gasteiger partial charge < -0.3 is 39.7 Å². The Morgan fingerprint density at radius 2 is 1.74 bits per heavy atom. The molecule has 0 bridgehead atoms. The van der Waals surface area contributed by atoms with Gasteiger partial charge in [-0.1, -0.05) is 25.1 Å². The largest absolute Gasteiger partial charge is 0.457 e. The third kappa shape index (κ3) is 3.69. The van der Waals surface area contributed by atoms with Crippen LogP contribution in [0.5, 0.6) is 0 Å². The van der Waals surface area contributed by atoms with Gasteiger partial charge in [0, 0.05) is 18.8 Å². The predicted molar refractivity (Wildman–Crippen MR) is 136 cm³/mol. The van der Waals surface area contributed by atoms with E-state index >= 15 is 0 Å². The first-order chi connectivity index (χ1) is 18.1. The molecule has 1 heterocycles. The summed E-state index contributed by atoms with van der Waals surface area (Å²) in [5.41, 5.74) is -5.68. The molecule has 10 atom stereocenters. The number of ether oxygens (including phenoxy) is 3. The molecule has 1 saturated heterocycles. The first kappa shape index (κ1) is 28.2. The second kappa shape index (κ2) is 9.09. The van der Waals surface area contributed by atoms with E-state index in [9.17, 15) is 35.1 Å². The van der Waals surface area contributed by atoms with E-state index in [0.29, 0.717) is 5.57 Å². The molecule has 4 aliphatic rings. The molecule has 39 heavy (non-hydrogen) atoms. The quantitative estimate of drug-likeness (QED) is 0.271. The molecular formula is C29H38O10. The number of rotatable bonds is 4. The molecule has 1 aliphatic heterocycles. The van der Waals surface area contributed by atoms with Gasteiger partial charge in [-0.2, -0.15) is 0 Å². The standard InChI is InChI=1S/C29H38O10/c1-14-17(31)12-28(26(3,4)36)20(14)21(33)23(34)27(5)18(32)11-19-29(13-37-19,39-15(2)30)22(27)24(28)38-25(35)16-9-7-6-8-10-16/h6-10,17-19,21-24,31-34,36H,11-13H2,1-5H3/t17?,18?,19?,21?,22-,23?,24?,27+,28-,29-/m0/s1. The number of carbonyl (C=O) groups excluding carboxylic acids is 2. The number of fused-ring (bicyclic) bond motifs is 4. The van der Waals surface area contributed by atoms with E-state index in [4.69, 9.17) is 14.2 Å². The number of benzene rings is 1. The summed E-state index contributed by atoms with van der Waals surface area (Å²) in [6, 6.07) is 8.21. The number of aliphatic hydroxyl groups is 5. The number of hydrogen-bond donors (Lipinski definition) is 5. The lowest BCUT2D eigenvalue weighted by molar-refractivity contribution is -0.351. The molecule has 0 radical (unpaired) electrons. The zero-order chi connectivity index (χ0) is 28.7. The molecule has 10 nitrogen and oxygen atoms in total. The summed E-state index contributed by atoms with van der Waals surface area (Å²) in [6.07, 6.45) is -7.95. The minimum absolute atomic E-state index is 0.000412. The van der Waals surface area contributed by atoms with E-state index in [-0.39, 0.29) is 30.6 Å². The van der Waals surface area contributed by atoms with Gasteiger partial charge in [0.2, 0.25) is 0 Å². The van der Waals surface area contributed by atoms with Gasteiger partial charge in [0.1, 0.15) is 18.3 Å². The first-order valence-electron chi connectivity index (χ1n) is 13.4. The van der Waals surface area contributed by atoms with Gasteiger partial charge in [-0.15, -0.1) is 0 Å². The van der Waals surface area contributed by atoms with E-state index in [1.165, 1.54) is 20.8 Å². The van der Waals surface area contributed by atoms with Crippen LogP contribution < -0.4 is 0 Å². The van der Waals surface area contributed by atoms with E-state index in [1.54, 1.807) is 44.2 Å². The van der Waals surface area contributed by atoms with Crippen molar-refractivity contribution in [1.29, 1.82) is 0 Å². The maximum atomic E-state index is 13.7. The molecule has 1 aromatic rings. The van der Waals surface area contributed by atoms with Crippen molar-refractivity contribution >= 4 is 11.9 Å². The van der Waals surface area contributed by atoms with Crippen LogP contribution in [-0.2, 0) is 19.0 Å². The van der Waals surface area contributed by atoms with Crippen molar-refractivity contribution in [2.24, 2.45) is 16.7 Å². The zero-order valence-corrected chi connectivity index (χ0v) is 22.8. The maximum absolute atomic E-state index is 13.7. The predicted octanol–water partition coefficient (Wildman–Crippen LogP) is 0.874. The highest BCUT2D eigenvalue weighted by atomic mass is 16.6. The zero-order valence-electron chi connectivity index (χ0n) is 22.8. The summed E-state index contributed by atoms with van der Waals surface area (Å²) in [6.45, 7) is 7.30. The van der Waals surface area contributed by atoms with Crippen molar-refractivity contribution < 1.29 is 49.3 Å². The van der Waals surface area contributed by atoms with E-state index in [1.807, 2.05) is 0 Å². The van der Waals surface area contributed by atoms with Crippen LogP contribution in [0.25, 0.3) is 0 Å². The molecule has 0 spiro atoms. The highest BCUT2D eigenvalue weighted by Crippen LogP contribution is 2.67. The number of esters is 2. The SMILES string of the molecule is CC(=O)O[C@@]12COC1CC(O)[C@@]1(C)C(O)C(O)C3=C(C)C(O)C[C@@]3(C(C)(C)O)C(OC(=O)c3ccccc3)[C@@H]12. The molecule has 3 fully saturated rings. The van der Waals surface area contributed by atoms with E-state index < -0.39 is 76.5 Å². The minimum Gasteiger partial charge on any atom is -0.457 e. The monoisotopic (exact) mass is 546 g/mol. The Morgan fingerprint density at radius 1 is 1.10 bits per heavy atom. The molecule has 214 valence electrons. The Hall–Kier alpha value is -2.34. The minimum atomic E-state index is -1.73. The molecule has 5 rings (SSSR count). The van der Waals surface area contributed by atoms with Crippen molar-refractivity contribution in [1.82, 2.24) is 0 Å². The smallest absolute Gasteiger partial charge is 0.338 e. The van der Waals surface area contributed by atoms with Crippen LogP contribution >= 0.6 is 0 Å². The second-order valence-corrected chi connectivity index (χ2v) is 12.4. The van der Waals surface area contributed by atoms with Gasteiger partial charge in [-0.25, -0.2) is 4.79 Å². The van der Waals surface area contributed by atoms with E-state index in [2.05, 4.69) is 0 Å². The lowest BCUT2D eigenvalue weighted by Gasteiger charge is -2.65. The Kier molecular flexibility index (Phi) is 6.57. The molecule has 0 amide bonds. The lowest BCUT2D eigenvalue weighted by atomic mass is 9.49. The summed E-state index contributed by atoms with van der Waals surface area (Å²) in [4.78, 5) is 26.2. The van der Waals surface area contributed by atoms with Crippen molar-refractivity contribution in [2.45, 2.75) is 95.3 Å². The van der Waals surface area contributed by atoms with E-state index in [0.717, 1.165) is 0 Å². The third-order valence-electron chi connectivity index (χ3n) is 10.0. The van der Waals surface area contributed by atoms with Crippen molar-refractivity contribution in [2.75, 3.05) is 6.61 Å². The topological polar surface area (TPSA) is 163 Å². The van der Waals surface area contributed by atoms with Gasteiger partial charge in [-0.05, 0) is 50.5 Å². The summed E-state index contributed by atoms with van der Waals surface area (Å²) < 4.78 is 18.0. The van der Waals surface area contributed by atoms with Crippen LogP contribution in [0.3, 0.4) is 0 Å². The van der Waals surface area contributed by atoms with Gasteiger partial charge in [0.15, 0.2) is 5.60 Å². The fourth-order valence-corrected chi connectivity index (χ4v) is 8.01. The fourth-order valence-electron chi connectivity index (χ4n) is 8.01. The van der Waals surface area contributed by atoms with Crippen LogP contribution in [0.2, 0.25) is 0 Å². The lowest BCUT2D eigenvalue weighted by Crippen LogP contribution is -2.78. The molecule has 2 saturated carbocycles. The van der Waals surface area contributed by atoms with Crippen molar-refractivity contribution in [3.8, 4) is 0 Å². The van der Waals surface area contributed by atoms with Crippen LogP contribution in [-0.4, -0.2) is 91.9 Å². The van der Waals surface area contributed by atoms with Gasteiger partial charge in [0.05, 0.1) is 47.4 Å². The van der Waals surface area contributed by atoms with Crippen LogP contribution in [0, 0.1) is 16.7 Å². The molecule has 0 aromatic heterocycles. The highest BCUT2D eigenvalue weighted by Gasteiger charge is 2.78. The first-order valence-corrected chi connectivity index (χ1v) is 13.4. The Morgan fingerprint density at radius 3 is 2.28 bits per heavy atom. The molecule has 1 aromatic carbocycles. The molecule has 3 aliphatic carbocycles. The van der Waals surface area contributed by atoms with Crippen LogP contribution in [0.15, 0.2) is 41.5 Å². The second-order valence-electron chi connectivity index (χ2n) is 12.4. The molecule has 6 unspecified atom stereocenters. The van der Waals surface area contributed by atoms with Gasteiger partial charge >= 0.3 is 11.9 Å². The summed E-state index contributed by atoms with van der Waals surface area (Å²) in [5, 5.41) is 58.1. The summed E-state index contributed by atoms with van der Waals surface area (Å²) in [7, 11) is 0. The molecule has 5 N–H and O–H groups in total. The summed E-state index contributed by atoms with van der Waals surface area (Å²) in [5.74, 6) is -2.52. The Labute approximate surface area is 227 Å². The fraction of sp³-hybridized carbons (Fsp3) is 0.655. The number of carbonyl (C=O) groups is 2.